The number of hydrogen-bond acceptors (Lipinski definition) is 3. The fourth-order valence-electron chi connectivity index (χ4n) is 2.28. The first kappa shape index (κ1) is 13.0. The van der Waals surface area contributed by atoms with Gasteiger partial charge in [0.15, 0.2) is 5.78 Å². The molecule has 96 valence electrons. The molecule has 0 saturated heterocycles. The van der Waals surface area contributed by atoms with Gasteiger partial charge in [-0.2, -0.15) is 4.98 Å². The van der Waals surface area contributed by atoms with E-state index in [1.807, 2.05) is 10.6 Å². The van der Waals surface area contributed by atoms with Crippen molar-refractivity contribution in [2.24, 2.45) is 0 Å². The number of rotatable bonds is 4. The fraction of sp³-hybridized carbons (Fsp3) is 0.462. The first-order valence-electron chi connectivity index (χ1n) is 6.12. The number of carbonyl (C=O) groups is 1. The molecule has 0 radical (unpaired) electrons. The molecule has 4 nitrogen and oxygen atoms in total. The lowest BCUT2D eigenvalue weighted by Crippen LogP contribution is -2.13. The normalized spacial score (nSPS) is 11.4. The van der Waals surface area contributed by atoms with E-state index in [9.17, 15) is 4.79 Å². The van der Waals surface area contributed by atoms with Crippen LogP contribution in [0, 0.1) is 0 Å². The molecule has 18 heavy (non-hydrogen) atoms. The number of carbonyl (C=O) groups excluding carboxylic acids is 1. The molecule has 2 aromatic rings. The Morgan fingerprint density at radius 2 is 2.11 bits per heavy atom. The van der Waals surface area contributed by atoms with E-state index in [0.29, 0.717) is 5.69 Å². The number of aromatic nitrogens is 3. The van der Waals surface area contributed by atoms with Gasteiger partial charge in [0, 0.05) is 24.5 Å². The Bertz CT molecular complexity index is 587. The van der Waals surface area contributed by atoms with Gasteiger partial charge in [0.05, 0.1) is 5.69 Å². The van der Waals surface area contributed by atoms with Gasteiger partial charge in [-0.3, -0.25) is 4.79 Å². The van der Waals surface area contributed by atoms with Crippen molar-refractivity contribution >= 4 is 28.4 Å². The molecule has 0 aliphatic carbocycles. The maximum absolute atomic E-state index is 11.8. The van der Waals surface area contributed by atoms with Crippen LogP contribution in [0.3, 0.4) is 0 Å². The van der Waals surface area contributed by atoms with E-state index in [4.69, 9.17) is 11.6 Å². The Hall–Kier alpha value is -1.42. The minimum Gasteiger partial charge on any atom is -0.320 e. The lowest BCUT2D eigenvalue weighted by Gasteiger charge is -2.18. The van der Waals surface area contributed by atoms with E-state index >= 15 is 0 Å². The molecule has 0 unspecified atom stereocenters. The topological polar surface area (TPSA) is 47.8 Å². The molecule has 2 aromatic heterocycles. The summed E-state index contributed by atoms with van der Waals surface area (Å²) in [5, 5.41) is 1.07. The molecule has 0 aliphatic rings. The number of halogens is 1. The third-order valence-electron chi connectivity index (χ3n) is 3.21. The summed E-state index contributed by atoms with van der Waals surface area (Å²) in [6.07, 6.45) is 3.56. The highest BCUT2D eigenvalue weighted by atomic mass is 35.5. The first-order chi connectivity index (χ1) is 8.58. The van der Waals surface area contributed by atoms with Gasteiger partial charge in [-0.1, -0.05) is 13.8 Å². The van der Waals surface area contributed by atoms with Crippen molar-refractivity contribution in [1.29, 1.82) is 0 Å². The predicted octanol–water partition coefficient (Wildman–Crippen LogP) is 3.65. The van der Waals surface area contributed by atoms with Crippen molar-refractivity contribution in [3.8, 4) is 0 Å². The van der Waals surface area contributed by atoms with E-state index in [1.165, 1.54) is 0 Å². The summed E-state index contributed by atoms with van der Waals surface area (Å²) >= 11 is 5.85. The summed E-state index contributed by atoms with van der Waals surface area (Å²) < 4.78 is 1.99. The van der Waals surface area contributed by atoms with Crippen LogP contribution < -0.4 is 0 Å². The highest BCUT2D eigenvalue weighted by molar-refractivity contribution is 6.28. The predicted molar refractivity (Wildman–Crippen MR) is 72.2 cm³/mol. The second kappa shape index (κ2) is 5.06. The Balaban J connectivity index is 2.75. The summed E-state index contributed by atoms with van der Waals surface area (Å²) in [6.45, 7) is 5.78. The Labute approximate surface area is 111 Å². The van der Waals surface area contributed by atoms with Crippen molar-refractivity contribution in [3.63, 3.8) is 0 Å². The minimum absolute atomic E-state index is 0.0380. The van der Waals surface area contributed by atoms with Gasteiger partial charge in [-0.15, -0.1) is 0 Å². The smallest absolute Gasteiger partial charge is 0.224 e. The van der Waals surface area contributed by atoms with Crippen LogP contribution in [0.4, 0.5) is 0 Å². The molecule has 0 N–H and O–H groups in total. The van der Waals surface area contributed by atoms with Crippen LogP contribution in [0.1, 0.15) is 50.1 Å². The van der Waals surface area contributed by atoms with Gasteiger partial charge in [-0.05, 0) is 30.5 Å². The van der Waals surface area contributed by atoms with Crippen LogP contribution >= 0.6 is 11.6 Å². The summed E-state index contributed by atoms with van der Waals surface area (Å²) in [4.78, 5) is 20.0. The molecule has 0 spiro atoms. The quantitative estimate of drug-likeness (QED) is 0.626. The molecule has 0 amide bonds. The molecule has 2 heterocycles. The zero-order valence-corrected chi connectivity index (χ0v) is 11.5. The van der Waals surface area contributed by atoms with Crippen molar-refractivity contribution in [2.75, 3.05) is 0 Å². The van der Waals surface area contributed by atoms with Gasteiger partial charge in [0.1, 0.15) is 5.65 Å². The number of nitrogens with zero attached hydrogens (tertiary/aromatic N) is 3. The zero-order valence-electron chi connectivity index (χ0n) is 10.8. The van der Waals surface area contributed by atoms with Crippen LogP contribution in [0.2, 0.25) is 5.28 Å². The summed E-state index contributed by atoms with van der Waals surface area (Å²) in [5.74, 6) is 0.0380. The Morgan fingerprint density at radius 3 is 2.67 bits per heavy atom. The molecule has 0 atom stereocenters. The van der Waals surface area contributed by atoms with Crippen LogP contribution in [0.15, 0.2) is 12.3 Å². The van der Waals surface area contributed by atoms with Gasteiger partial charge in [0.25, 0.3) is 0 Å². The first-order valence-corrected chi connectivity index (χ1v) is 6.50. The molecule has 0 saturated carbocycles. The second-order valence-electron chi connectivity index (χ2n) is 4.34. The SMILES string of the molecule is CCC(CC)n1c(C(C)=O)cc2cnc(Cl)nc21. The molecule has 2 rings (SSSR count). The largest absolute Gasteiger partial charge is 0.320 e. The maximum atomic E-state index is 11.8. The lowest BCUT2D eigenvalue weighted by molar-refractivity contribution is 0.100. The Kier molecular flexibility index (Phi) is 3.66. The van der Waals surface area contributed by atoms with Crippen molar-refractivity contribution in [1.82, 2.24) is 14.5 Å². The minimum atomic E-state index is 0.0380. The van der Waals surface area contributed by atoms with E-state index < -0.39 is 0 Å². The molecular weight excluding hydrogens is 250 g/mol. The standard InChI is InChI=1S/C13H16ClN3O/c1-4-10(5-2)17-11(8(3)18)6-9-7-15-13(14)16-12(9)17/h6-7,10H,4-5H2,1-3H3. The maximum Gasteiger partial charge on any atom is 0.224 e. The van der Waals surface area contributed by atoms with Gasteiger partial charge in [-0.25, -0.2) is 4.98 Å². The van der Waals surface area contributed by atoms with E-state index in [2.05, 4.69) is 23.8 Å². The highest BCUT2D eigenvalue weighted by Crippen LogP contribution is 2.27. The molecule has 0 fully saturated rings. The summed E-state index contributed by atoms with van der Waals surface area (Å²) in [7, 11) is 0. The van der Waals surface area contributed by atoms with Crippen molar-refractivity contribution in [2.45, 2.75) is 39.7 Å². The average Bonchev–Trinajstić information content (AvgIpc) is 2.70. The number of Topliss-reactive ketones (excluding diaryl/α,β-unsaturated/α-hetero) is 1. The molecular formula is C13H16ClN3O. The van der Waals surface area contributed by atoms with Crippen molar-refractivity contribution < 1.29 is 4.79 Å². The second-order valence-corrected chi connectivity index (χ2v) is 4.68. The molecule has 5 heteroatoms. The van der Waals surface area contributed by atoms with Gasteiger partial charge in [0.2, 0.25) is 5.28 Å². The number of fused-ring (bicyclic) bond motifs is 1. The van der Waals surface area contributed by atoms with Gasteiger partial charge >= 0.3 is 0 Å². The van der Waals surface area contributed by atoms with Crippen LogP contribution in [-0.2, 0) is 0 Å². The zero-order chi connectivity index (χ0) is 13.3. The summed E-state index contributed by atoms with van der Waals surface area (Å²) in [6, 6.07) is 2.10. The van der Waals surface area contributed by atoms with E-state index in [1.54, 1.807) is 13.1 Å². The van der Waals surface area contributed by atoms with Crippen LogP contribution in [0.5, 0.6) is 0 Å². The average molecular weight is 266 g/mol. The molecule has 0 aliphatic heterocycles. The van der Waals surface area contributed by atoms with Crippen LogP contribution in [-0.4, -0.2) is 20.3 Å². The van der Waals surface area contributed by atoms with Gasteiger partial charge < -0.3 is 4.57 Å². The van der Waals surface area contributed by atoms with E-state index in [0.717, 1.165) is 23.9 Å². The lowest BCUT2D eigenvalue weighted by atomic mass is 10.1. The third-order valence-corrected chi connectivity index (χ3v) is 3.40. The van der Waals surface area contributed by atoms with Crippen LogP contribution in [0.25, 0.3) is 11.0 Å². The monoisotopic (exact) mass is 265 g/mol. The van der Waals surface area contributed by atoms with E-state index in [-0.39, 0.29) is 17.1 Å². The molecule has 0 bridgehead atoms. The fourth-order valence-corrected chi connectivity index (χ4v) is 2.41. The van der Waals surface area contributed by atoms with Crippen molar-refractivity contribution in [3.05, 3.63) is 23.2 Å². The summed E-state index contributed by atoms with van der Waals surface area (Å²) in [5.41, 5.74) is 1.42. The molecule has 0 aromatic carbocycles. The highest BCUT2D eigenvalue weighted by Gasteiger charge is 2.19. The number of ketones is 1. The number of hydrogen-bond donors (Lipinski definition) is 0. The third kappa shape index (κ3) is 2.12. The Morgan fingerprint density at radius 1 is 1.44 bits per heavy atom.